The van der Waals surface area contributed by atoms with E-state index in [1.807, 2.05) is 31.2 Å². The average Bonchev–Trinajstić information content (AvgIpc) is 3.43. The van der Waals surface area contributed by atoms with Crippen LogP contribution in [0.5, 0.6) is 5.75 Å². The van der Waals surface area contributed by atoms with Crippen LogP contribution < -0.4 is 14.5 Å². The first-order valence-electron chi connectivity index (χ1n) is 11.6. The van der Waals surface area contributed by atoms with Crippen LogP contribution in [0.25, 0.3) is 0 Å². The zero-order valence-electron chi connectivity index (χ0n) is 19.8. The van der Waals surface area contributed by atoms with E-state index in [1.165, 1.54) is 24.3 Å². The van der Waals surface area contributed by atoms with Crippen molar-refractivity contribution in [2.75, 3.05) is 16.3 Å². The molecule has 194 valence electrons. The first kappa shape index (κ1) is 26.5. The monoisotopic (exact) mass is 590 g/mol. The molecule has 2 aliphatic rings. The summed E-state index contributed by atoms with van der Waals surface area (Å²) >= 11 is 24.5. The van der Waals surface area contributed by atoms with Crippen LogP contribution in [0.15, 0.2) is 48.5 Å². The molecule has 7 nitrogen and oxygen atoms in total. The van der Waals surface area contributed by atoms with E-state index in [1.54, 1.807) is 4.90 Å². The summed E-state index contributed by atoms with van der Waals surface area (Å²) in [6.45, 7) is 2.26. The highest BCUT2D eigenvalue weighted by Crippen LogP contribution is 2.45. The van der Waals surface area contributed by atoms with Gasteiger partial charge < -0.3 is 9.64 Å². The van der Waals surface area contributed by atoms with Crippen molar-refractivity contribution in [3.05, 3.63) is 85.3 Å². The molecule has 2 heterocycles. The minimum Gasteiger partial charge on any atom is -0.426 e. The normalized spacial score (nSPS) is 16.9. The number of nitrogens with zero attached hydrogens (tertiary/aromatic N) is 2. The van der Waals surface area contributed by atoms with Crippen molar-refractivity contribution < 1.29 is 23.9 Å². The van der Waals surface area contributed by atoms with Crippen molar-refractivity contribution in [1.29, 1.82) is 0 Å². The molecule has 3 aromatic rings. The second kappa shape index (κ2) is 10.2. The van der Waals surface area contributed by atoms with E-state index in [9.17, 15) is 19.2 Å². The first-order chi connectivity index (χ1) is 18.1. The van der Waals surface area contributed by atoms with Gasteiger partial charge in [0.2, 0.25) is 5.91 Å². The predicted octanol–water partition coefficient (Wildman–Crippen LogP) is 6.62. The van der Waals surface area contributed by atoms with Crippen molar-refractivity contribution in [2.45, 2.75) is 19.8 Å². The fourth-order valence-corrected chi connectivity index (χ4v) is 5.49. The number of carbonyl (C=O) groups excluding carboxylic acids is 4. The van der Waals surface area contributed by atoms with Gasteiger partial charge in [-0.1, -0.05) is 65.5 Å². The smallest absolute Gasteiger partial charge is 0.316 e. The molecule has 0 bridgehead atoms. The average molecular weight is 592 g/mol. The molecule has 0 aromatic heterocycles. The Morgan fingerprint density at radius 2 is 1.34 bits per heavy atom. The summed E-state index contributed by atoms with van der Waals surface area (Å²) in [4.78, 5) is 53.9. The van der Waals surface area contributed by atoms with Gasteiger partial charge in [0.15, 0.2) is 0 Å². The van der Waals surface area contributed by atoms with Gasteiger partial charge in [-0.05, 0) is 48.4 Å². The van der Waals surface area contributed by atoms with E-state index >= 15 is 0 Å². The van der Waals surface area contributed by atoms with Crippen molar-refractivity contribution in [1.82, 2.24) is 0 Å². The number of halogens is 4. The summed E-state index contributed by atoms with van der Waals surface area (Å²) < 4.78 is 5.49. The molecule has 38 heavy (non-hydrogen) atoms. The quantitative estimate of drug-likeness (QED) is 0.109. The van der Waals surface area contributed by atoms with Gasteiger partial charge in [0.1, 0.15) is 5.75 Å². The maximum absolute atomic E-state index is 13.0. The molecule has 2 aliphatic heterocycles. The Bertz CT molecular complexity index is 1460. The highest BCUT2D eigenvalue weighted by atomic mass is 35.5. The number of hydrogen-bond acceptors (Lipinski definition) is 5. The van der Waals surface area contributed by atoms with Crippen LogP contribution in [0, 0.1) is 5.92 Å². The number of hydrogen-bond donors (Lipinski definition) is 0. The lowest BCUT2D eigenvalue weighted by Crippen LogP contribution is -2.29. The molecular formula is C27H18Cl4N2O5. The number of fused-ring (bicyclic) bond motifs is 1. The zero-order chi connectivity index (χ0) is 27.3. The molecule has 0 aliphatic carbocycles. The lowest BCUT2D eigenvalue weighted by molar-refractivity contribution is -0.139. The Morgan fingerprint density at radius 3 is 1.87 bits per heavy atom. The molecular weight excluding hydrogens is 574 g/mol. The van der Waals surface area contributed by atoms with Crippen LogP contribution >= 0.6 is 46.4 Å². The topological polar surface area (TPSA) is 84.0 Å². The highest BCUT2D eigenvalue weighted by Gasteiger charge is 2.42. The minimum atomic E-state index is -0.711. The van der Waals surface area contributed by atoms with Crippen LogP contribution in [0.4, 0.5) is 11.4 Å². The van der Waals surface area contributed by atoms with Gasteiger partial charge in [-0.3, -0.25) is 19.2 Å². The minimum absolute atomic E-state index is 0.0358. The maximum atomic E-state index is 13.0. The Morgan fingerprint density at radius 1 is 0.816 bits per heavy atom. The Kier molecular flexibility index (Phi) is 7.13. The molecule has 0 saturated carbocycles. The number of aryl methyl sites for hydroxylation is 1. The zero-order valence-corrected chi connectivity index (χ0v) is 22.8. The third-order valence-electron chi connectivity index (χ3n) is 6.53. The number of rotatable bonds is 5. The molecule has 1 atom stereocenters. The number of benzene rings is 3. The SMILES string of the molecule is CCc1ccc(N2C[C@@H](C(=O)Oc3ccc(N4C(=O)c5c(Cl)c(Cl)c(Cl)c(Cl)c5C4=O)cc3)CC2=O)cc1. The van der Waals surface area contributed by atoms with Crippen LogP contribution in [-0.4, -0.2) is 30.2 Å². The van der Waals surface area contributed by atoms with Gasteiger partial charge in [0, 0.05) is 18.7 Å². The van der Waals surface area contributed by atoms with E-state index in [2.05, 4.69) is 0 Å². The summed E-state index contributed by atoms with van der Waals surface area (Å²) in [5.41, 5.74) is 1.82. The summed E-state index contributed by atoms with van der Waals surface area (Å²) in [6, 6.07) is 13.4. The number of imide groups is 1. The molecule has 0 spiro atoms. The van der Waals surface area contributed by atoms with Crippen molar-refractivity contribution in [3.8, 4) is 5.75 Å². The summed E-state index contributed by atoms with van der Waals surface area (Å²) in [5.74, 6) is -2.58. The number of ether oxygens (including phenoxy) is 1. The molecule has 1 fully saturated rings. The first-order valence-corrected chi connectivity index (χ1v) is 13.1. The largest absolute Gasteiger partial charge is 0.426 e. The third-order valence-corrected chi connectivity index (χ3v) is 8.33. The molecule has 0 radical (unpaired) electrons. The second-order valence-electron chi connectivity index (χ2n) is 8.79. The third kappa shape index (κ3) is 4.43. The molecule has 0 N–H and O–H groups in total. The summed E-state index contributed by atoms with van der Waals surface area (Å²) in [6.07, 6.45) is 0.924. The Balaban J connectivity index is 1.29. The van der Waals surface area contributed by atoms with Gasteiger partial charge in [-0.15, -0.1) is 0 Å². The predicted molar refractivity (Wildman–Crippen MR) is 146 cm³/mol. The summed E-state index contributed by atoms with van der Waals surface area (Å²) in [7, 11) is 0. The fourth-order valence-electron chi connectivity index (χ4n) is 4.47. The Labute approximate surface area is 237 Å². The number of carbonyl (C=O) groups is 4. The Hall–Kier alpha value is -3.10. The van der Waals surface area contributed by atoms with Crippen molar-refractivity contribution >= 4 is 81.5 Å². The van der Waals surface area contributed by atoms with E-state index in [0.29, 0.717) is 0 Å². The number of esters is 1. The lowest BCUT2D eigenvalue weighted by atomic mass is 10.1. The highest BCUT2D eigenvalue weighted by molar-refractivity contribution is 6.56. The van der Waals surface area contributed by atoms with E-state index in [-0.39, 0.29) is 61.5 Å². The molecule has 11 heteroatoms. The van der Waals surface area contributed by atoms with Crippen LogP contribution in [-0.2, 0) is 16.0 Å². The van der Waals surface area contributed by atoms with Crippen LogP contribution in [0.1, 0.15) is 39.6 Å². The molecule has 5 rings (SSSR count). The number of amides is 3. The maximum Gasteiger partial charge on any atom is 0.316 e. The van der Waals surface area contributed by atoms with Gasteiger partial charge in [-0.2, -0.15) is 0 Å². The second-order valence-corrected chi connectivity index (χ2v) is 10.3. The van der Waals surface area contributed by atoms with E-state index in [4.69, 9.17) is 51.1 Å². The van der Waals surface area contributed by atoms with Gasteiger partial charge in [0.25, 0.3) is 11.8 Å². The van der Waals surface area contributed by atoms with Crippen molar-refractivity contribution in [3.63, 3.8) is 0 Å². The van der Waals surface area contributed by atoms with Gasteiger partial charge in [0.05, 0.1) is 42.8 Å². The van der Waals surface area contributed by atoms with Crippen LogP contribution in [0.2, 0.25) is 20.1 Å². The molecule has 3 amide bonds. The van der Waals surface area contributed by atoms with Gasteiger partial charge in [-0.25, -0.2) is 4.90 Å². The molecule has 1 saturated heterocycles. The van der Waals surface area contributed by atoms with Gasteiger partial charge >= 0.3 is 5.97 Å². The number of anilines is 2. The molecule has 0 unspecified atom stereocenters. The standard InChI is InChI=1S/C27H18Cl4N2O5/c1-2-13-3-5-15(6-4-13)32-12-14(11-18(32)34)27(37)38-17-9-7-16(8-10-17)33-25(35)19-20(26(33)36)22(29)24(31)23(30)21(19)28/h3-10,14H,2,11-12H2,1H3/t14-/m0/s1. The lowest BCUT2D eigenvalue weighted by Gasteiger charge is -2.17. The van der Waals surface area contributed by atoms with E-state index in [0.717, 1.165) is 22.6 Å². The van der Waals surface area contributed by atoms with E-state index < -0.39 is 23.7 Å². The van der Waals surface area contributed by atoms with Crippen molar-refractivity contribution in [2.24, 2.45) is 5.92 Å². The molecule has 3 aromatic carbocycles. The van der Waals surface area contributed by atoms with Crippen LogP contribution in [0.3, 0.4) is 0 Å². The fraction of sp³-hybridized carbons (Fsp3) is 0.185. The summed E-state index contributed by atoms with van der Waals surface area (Å²) in [5, 5.41) is -0.568.